The Bertz CT molecular complexity index is 572. The number of anilines is 1. The Hall–Kier alpha value is -2.04. The van der Waals surface area contributed by atoms with Crippen LogP contribution in [0.3, 0.4) is 0 Å². The second kappa shape index (κ2) is 5.73. The molecule has 1 aromatic heterocycles. The van der Waals surface area contributed by atoms with Crippen LogP contribution >= 0.6 is 0 Å². The molecule has 0 atom stereocenters. The Labute approximate surface area is 112 Å². The van der Waals surface area contributed by atoms with Crippen LogP contribution in [0.15, 0.2) is 18.2 Å². The molecule has 0 aliphatic heterocycles. The first-order valence-electron chi connectivity index (χ1n) is 6.67. The van der Waals surface area contributed by atoms with E-state index in [4.69, 9.17) is 5.73 Å². The quantitative estimate of drug-likeness (QED) is 0.721. The highest BCUT2D eigenvalue weighted by Crippen LogP contribution is 2.18. The largest absolute Gasteiger partial charge is 0.399 e. The molecule has 0 unspecified atom stereocenters. The molecule has 1 heterocycles. The molecule has 0 saturated carbocycles. The summed E-state index contributed by atoms with van der Waals surface area (Å²) >= 11 is 0. The molecule has 0 fully saturated rings. The number of hydrogen-bond acceptors (Lipinski definition) is 3. The van der Waals surface area contributed by atoms with E-state index in [1.54, 1.807) is 12.1 Å². The van der Waals surface area contributed by atoms with Gasteiger partial charge in [0, 0.05) is 17.6 Å². The van der Waals surface area contributed by atoms with E-state index >= 15 is 0 Å². The van der Waals surface area contributed by atoms with E-state index in [-0.39, 0.29) is 5.91 Å². The summed E-state index contributed by atoms with van der Waals surface area (Å²) in [5.74, 6) is 0.364. The zero-order valence-corrected chi connectivity index (χ0v) is 11.4. The highest BCUT2D eigenvalue weighted by atomic mass is 16.1. The number of nitrogens with one attached hydrogen (secondary N) is 2. The lowest BCUT2D eigenvalue weighted by Gasteiger charge is -2.12. The maximum absolute atomic E-state index is 12.1. The van der Waals surface area contributed by atoms with Gasteiger partial charge in [-0.3, -0.25) is 9.89 Å². The zero-order valence-electron chi connectivity index (χ0n) is 11.4. The van der Waals surface area contributed by atoms with Crippen molar-refractivity contribution >= 4 is 22.5 Å². The minimum atomic E-state index is -0.149. The number of H-pyrrole nitrogens is 1. The predicted molar refractivity (Wildman–Crippen MR) is 76.9 cm³/mol. The van der Waals surface area contributed by atoms with E-state index in [1.807, 2.05) is 6.07 Å². The number of carbonyl (C=O) groups excluding carboxylic acids is 1. The molecular weight excluding hydrogens is 240 g/mol. The number of hydrogen-bond donors (Lipinski definition) is 3. The molecule has 1 amide bonds. The number of aromatic nitrogens is 2. The van der Waals surface area contributed by atoms with Crippen molar-refractivity contribution in [2.24, 2.45) is 5.92 Å². The van der Waals surface area contributed by atoms with Gasteiger partial charge in [-0.2, -0.15) is 5.10 Å². The van der Waals surface area contributed by atoms with Gasteiger partial charge in [0.2, 0.25) is 0 Å². The smallest absolute Gasteiger partial charge is 0.272 e. The summed E-state index contributed by atoms with van der Waals surface area (Å²) in [6.45, 7) is 4.94. The van der Waals surface area contributed by atoms with Crippen molar-refractivity contribution in [3.8, 4) is 0 Å². The summed E-state index contributed by atoms with van der Waals surface area (Å²) < 4.78 is 0. The first kappa shape index (κ1) is 13.4. The molecular formula is C14H20N4O. The van der Waals surface area contributed by atoms with E-state index in [0.29, 0.717) is 23.8 Å². The van der Waals surface area contributed by atoms with Gasteiger partial charge in [0.25, 0.3) is 5.91 Å². The lowest BCUT2D eigenvalue weighted by atomic mass is 10.0. The summed E-state index contributed by atoms with van der Waals surface area (Å²) in [5, 5.41) is 10.6. The van der Waals surface area contributed by atoms with Crippen LogP contribution in [0.4, 0.5) is 5.69 Å². The van der Waals surface area contributed by atoms with Gasteiger partial charge in [-0.25, -0.2) is 0 Å². The summed E-state index contributed by atoms with van der Waals surface area (Å²) in [6.07, 6.45) is 2.12. The fourth-order valence-electron chi connectivity index (χ4n) is 2.10. The molecule has 0 aliphatic carbocycles. The minimum Gasteiger partial charge on any atom is -0.399 e. The number of rotatable bonds is 5. The Morgan fingerprint density at radius 1 is 1.42 bits per heavy atom. The van der Waals surface area contributed by atoms with Gasteiger partial charge in [-0.1, -0.05) is 26.7 Å². The molecule has 5 heteroatoms. The second-order valence-corrected chi connectivity index (χ2v) is 4.77. The molecule has 4 N–H and O–H groups in total. The molecule has 0 saturated heterocycles. The SMILES string of the molecule is CCC(CC)CNC(=O)c1n[nH]c2ccc(N)cc12. The van der Waals surface area contributed by atoms with Gasteiger partial charge in [0.15, 0.2) is 5.69 Å². The van der Waals surface area contributed by atoms with Crippen molar-refractivity contribution in [3.63, 3.8) is 0 Å². The Morgan fingerprint density at radius 2 is 2.16 bits per heavy atom. The van der Waals surface area contributed by atoms with Crippen LogP contribution in [0.5, 0.6) is 0 Å². The number of benzene rings is 1. The fourth-order valence-corrected chi connectivity index (χ4v) is 2.10. The number of nitrogen functional groups attached to an aromatic ring is 1. The Morgan fingerprint density at radius 3 is 2.84 bits per heavy atom. The van der Waals surface area contributed by atoms with E-state index in [2.05, 4.69) is 29.4 Å². The average molecular weight is 260 g/mol. The van der Waals surface area contributed by atoms with Crippen LogP contribution in [0.2, 0.25) is 0 Å². The monoisotopic (exact) mass is 260 g/mol. The normalized spacial score (nSPS) is 11.1. The number of nitrogens with two attached hydrogens (primary N) is 1. The van der Waals surface area contributed by atoms with Gasteiger partial charge in [0.1, 0.15) is 0 Å². The van der Waals surface area contributed by atoms with Crippen LogP contribution in [0.25, 0.3) is 10.9 Å². The molecule has 19 heavy (non-hydrogen) atoms. The van der Waals surface area contributed by atoms with Crippen molar-refractivity contribution in [1.29, 1.82) is 0 Å². The third-order valence-corrected chi connectivity index (χ3v) is 3.51. The number of fused-ring (bicyclic) bond motifs is 1. The Balaban J connectivity index is 2.15. The lowest BCUT2D eigenvalue weighted by molar-refractivity contribution is 0.0943. The first-order chi connectivity index (χ1) is 9.15. The van der Waals surface area contributed by atoms with Crippen molar-refractivity contribution in [3.05, 3.63) is 23.9 Å². The number of nitrogens with zero attached hydrogens (tertiary/aromatic N) is 1. The van der Waals surface area contributed by atoms with Crippen LogP contribution in [0, 0.1) is 5.92 Å². The van der Waals surface area contributed by atoms with Crippen molar-refractivity contribution in [1.82, 2.24) is 15.5 Å². The summed E-state index contributed by atoms with van der Waals surface area (Å²) in [4.78, 5) is 12.1. The third kappa shape index (κ3) is 2.86. The molecule has 0 radical (unpaired) electrons. The van der Waals surface area contributed by atoms with Crippen LogP contribution in [0.1, 0.15) is 37.2 Å². The molecule has 0 bridgehead atoms. The van der Waals surface area contributed by atoms with Gasteiger partial charge in [0.05, 0.1) is 5.52 Å². The van der Waals surface area contributed by atoms with Crippen LogP contribution < -0.4 is 11.1 Å². The second-order valence-electron chi connectivity index (χ2n) is 4.77. The number of aromatic amines is 1. The maximum Gasteiger partial charge on any atom is 0.272 e. The van der Waals surface area contributed by atoms with Gasteiger partial charge in [-0.15, -0.1) is 0 Å². The van der Waals surface area contributed by atoms with Gasteiger partial charge >= 0.3 is 0 Å². The van der Waals surface area contributed by atoms with Crippen molar-refractivity contribution in [2.45, 2.75) is 26.7 Å². The first-order valence-corrected chi connectivity index (χ1v) is 6.67. The predicted octanol–water partition coefficient (Wildman–Crippen LogP) is 2.31. The zero-order chi connectivity index (χ0) is 13.8. The average Bonchev–Trinajstić information content (AvgIpc) is 2.82. The minimum absolute atomic E-state index is 0.149. The van der Waals surface area contributed by atoms with E-state index < -0.39 is 0 Å². The topological polar surface area (TPSA) is 83.8 Å². The van der Waals surface area contributed by atoms with E-state index in [0.717, 1.165) is 23.7 Å². The summed E-state index contributed by atoms with van der Waals surface area (Å²) in [7, 11) is 0. The lowest BCUT2D eigenvalue weighted by Crippen LogP contribution is -2.29. The van der Waals surface area contributed by atoms with Crippen LogP contribution in [-0.4, -0.2) is 22.6 Å². The fraction of sp³-hybridized carbons (Fsp3) is 0.429. The molecule has 2 rings (SSSR count). The van der Waals surface area contributed by atoms with Gasteiger partial charge in [-0.05, 0) is 24.1 Å². The van der Waals surface area contributed by atoms with Crippen molar-refractivity contribution < 1.29 is 4.79 Å². The van der Waals surface area contributed by atoms with E-state index in [1.165, 1.54) is 0 Å². The molecule has 0 spiro atoms. The molecule has 1 aromatic carbocycles. The summed E-state index contributed by atoms with van der Waals surface area (Å²) in [6, 6.07) is 5.38. The van der Waals surface area contributed by atoms with E-state index in [9.17, 15) is 4.79 Å². The Kier molecular flexibility index (Phi) is 4.04. The van der Waals surface area contributed by atoms with Crippen LogP contribution in [-0.2, 0) is 0 Å². The summed E-state index contributed by atoms with van der Waals surface area (Å²) in [5.41, 5.74) is 7.60. The van der Waals surface area contributed by atoms with Crippen molar-refractivity contribution in [2.75, 3.05) is 12.3 Å². The molecule has 5 nitrogen and oxygen atoms in total. The molecule has 0 aliphatic rings. The highest BCUT2D eigenvalue weighted by Gasteiger charge is 2.15. The molecule has 2 aromatic rings. The highest BCUT2D eigenvalue weighted by molar-refractivity contribution is 6.05. The number of carbonyl (C=O) groups is 1. The molecule has 102 valence electrons. The third-order valence-electron chi connectivity index (χ3n) is 3.51. The maximum atomic E-state index is 12.1. The van der Waals surface area contributed by atoms with Gasteiger partial charge < -0.3 is 11.1 Å². The standard InChI is InChI=1S/C14H20N4O/c1-3-9(4-2)8-16-14(19)13-11-7-10(15)5-6-12(11)17-18-13/h5-7,9H,3-4,8,15H2,1-2H3,(H,16,19)(H,17,18). The number of amides is 1.